The first-order valence-corrected chi connectivity index (χ1v) is 11.5. The molecule has 0 saturated carbocycles. The zero-order valence-corrected chi connectivity index (χ0v) is 19.1. The number of hydrogen-bond donors (Lipinski definition) is 1. The minimum atomic E-state index is -1.23. The second-order valence-electron chi connectivity index (χ2n) is 9.87. The fourth-order valence-corrected chi connectivity index (χ4v) is 6.90. The molecule has 3 saturated heterocycles. The van der Waals surface area contributed by atoms with Crippen molar-refractivity contribution in [1.82, 2.24) is 4.90 Å². The summed E-state index contributed by atoms with van der Waals surface area (Å²) in [6.45, 7) is 6.20. The van der Waals surface area contributed by atoms with Gasteiger partial charge in [-0.2, -0.15) is 0 Å². The summed E-state index contributed by atoms with van der Waals surface area (Å²) < 4.78 is 0. The molecule has 4 heterocycles. The van der Waals surface area contributed by atoms with E-state index in [1.165, 1.54) is 23.1 Å². The fraction of sp³-hybridized carbons (Fsp3) is 0.400. The Morgan fingerprint density at radius 1 is 1.06 bits per heavy atom. The number of anilines is 2. The zero-order valence-electron chi connectivity index (χ0n) is 19.1. The van der Waals surface area contributed by atoms with Crippen LogP contribution in [0.5, 0.6) is 0 Å². The van der Waals surface area contributed by atoms with E-state index in [-0.39, 0.29) is 23.5 Å². The van der Waals surface area contributed by atoms with E-state index in [2.05, 4.69) is 10.2 Å². The highest BCUT2D eigenvalue weighted by Gasteiger charge is 2.74. The molecule has 174 valence electrons. The van der Waals surface area contributed by atoms with Crippen molar-refractivity contribution in [1.29, 1.82) is 0 Å². The zero-order chi connectivity index (χ0) is 24.1. The molecule has 0 radical (unpaired) electrons. The lowest BCUT2D eigenvalue weighted by atomic mass is 9.75. The van der Waals surface area contributed by atoms with Crippen molar-refractivity contribution in [3.05, 3.63) is 62.7 Å². The number of fused-ring (bicyclic) bond motifs is 7. The van der Waals surface area contributed by atoms with Crippen molar-refractivity contribution in [2.75, 3.05) is 16.8 Å². The monoisotopic (exact) mass is 460 g/mol. The van der Waals surface area contributed by atoms with Crippen molar-refractivity contribution >= 4 is 34.8 Å². The lowest BCUT2D eigenvalue weighted by molar-refractivity contribution is -0.384. The number of nitro groups is 1. The molecule has 4 unspecified atom stereocenters. The minimum absolute atomic E-state index is 0.103. The number of imide groups is 1. The SMILES string of the molecule is Cc1cc(C)c2c(c1)C1(C(=O)N2)C2C(=O)N(c3ccc([N+](=O)[O-])cc3C)C(=O)C2C2CCCN21. The number of non-ortho nitro benzene ring substituents is 1. The number of rotatable bonds is 2. The smallest absolute Gasteiger partial charge is 0.269 e. The van der Waals surface area contributed by atoms with Gasteiger partial charge in [0.15, 0.2) is 0 Å². The number of aryl methyl sites for hydroxylation is 3. The Hall–Kier alpha value is -3.59. The van der Waals surface area contributed by atoms with E-state index in [1.807, 2.05) is 26.0 Å². The normalized spacial score (nSPS) is 29.6. The van der Waals surface area contributed by atoms with Crippen LogP contribution in [0.1, 0.15) is 35.1 Å². The van der Waals surface area contributed by atoms with E-state index in [0.29, 0.717) is 17.8 Å². The van der Waals surface area contributed by atoms with Gasteiger partial charge < -0.3 is 5.32 Å². The van der Waals surface area contributed by atoms with Crippen molar-refractivity contribution < 1.29 is 19.3 Å². The quantitative estimate of drug-likeness (QED) is 0.419. The predicted molar refractivity (Wildman–Crippen MR) is 123 cm³/mol. The molecule has 34 heavy (non-hydrogen) atoms. The maximum absolute atomic E-state index is 14.1. The van der Waals surface area contributed by atoms with Gasteiger partial charge in [0.1, 0.15) is 5.54 Å². The molecule has 0 bridgehead atoms. The van der Waals surface area contributed by atoms with E-state index < -0.39 is 28.2 Å². The molecule has 0 aromatic heterocycles. The molecule has 2 aromatic rings. The Kier molecular flexibility index (Phi) is 4.15. The van der Waals surface area contributed by atoms with Gasteiger partial charge in [0, 0.05) is 29.4 Å². The van der Waals surface area contributed by atoms with Gasteiger partial charge in [-0.1, -0.05) is 17.7 Å². The second-order valence-corrected chi connectivity index (χ2v) is 9.87. The van der Waals surface area contributed by atoms with Crippen LogP contribution in [-0.4, -0.2) is 40.1 Å². The average Bonchev–Trinajstić information content (AvgIpc) is 3.48. The van der Waals surface area contributed by atoms with Gasteiger partial charge in [-0.15, -0.1) is 0 Å². The molecule has 3 amide bonds. The first-order chi connectivity index (χ1) is 16.2. The largest absolute Gasteiger partial charge is 0.324 e. The Bertz CT molecular complexity index is 1340. The predicted octanol–water partition coefficient (Wildman–Crippen LogP) is 2.95. The number of carbonyl (C=O) groups is 3. The molecule has 0 aliphatic carbocycles. The van der Waals surface area contributed by atoms with Crippen LogP contribution in [0.2, 0.25) is 0 Å². The summed E-state index contributed by atoms with van der Waals surface area (Å²) in [5.41, 5.74) is 2.91. The first kappa shape index (κ1) is 21.0. The van der Waals surface area contributed by atoms with E-state index in [0.717, 1.165) is 35.2 Å². The topological polar surface area (TPSA) is 113 Å². The van der Waals surface area contributed by atoms with Gasteiger partial charge in [-0.25, -0.2) is 4.90 Å². The molecule has 9 nitrogen and oxygen atoms in total. The number of amides is 3. The van der Waals surface area contributed by atoms with Crippen LogP contribution in [0.15, 0.2) is 30.3 Å². The Balaban J connectivity index is 1.54. The van der Waals surface area contributed by atoms with Crippen molar-refractivity contribution in [2.45, 2.75) is 45.2 Å². The van der Waals surface area contributed by atoms with E-state index in [1.54, 1.807) is 6.92 Å². The molecular weight excluding hydrogens is 436 g/mol. The second kappa shape index (κ2) is 6.73. The summed E-state index contributed by atoms with van der Waals surface area (Å²) in [6, 6.07) is 7.89. The maximum atomic E-state index is 14.1. The molecular formula is C25H24N4O5. The van der Waals surface area contributed by atoms with Gasteiger partial charge in [0.2, 0.25) is 17.7 Å². The first-order valence-electron chi connectivity index (χ1n) is 11.5. The number of carbonyl (C=O) groups excluding carboxylic acids is 3. The van der Waals surface area contributed by atoms with Crippen molar-refractivity contribution in [3.8, 4) is 0 Å². The number of nitro benzene ring substituents is 1. The van der Waals surface area contributed by atoms with Crippen LogP contribution < -0.4 is 10.2 Å². The highest BCUT2D eigenvalue weighted by Crippen LogP contribution is 2.61. The molecule has 9 heteroatoms. The van der Waals surface area contributed by atoms with E-state index >= 15 is 0 Å². The van der Waals surface area contributed by atoms with E-state index in [9.17, 15) is 24.5 Å². The molecule has 4 aliphatic heterocycles. The Morgan fingerprint density at radius 3 is 2.53 bits per heavy atom. The van der Waals surface area contributed by atoms with Crippen LogP contribution in [0.4, 0.5) is 17.1 Å². The van der Waals surface area contributed by atoms with Gasteiger partial charge in [0.25, 0.3) is 5.69 Å². The Morgan fingerprint density at radius 2 is 1.82 bits per heavy atom. The van der Waals surface area contributed by atoms with Gasteiger partial charge in [-0.3, -0.25) is 29.4 Å². The molecule has 1 N–H and O–H groups in total. The summed E-state index contributed by atoms with van der Waals surface area (Å²) in [5.74, 6) is -2.47. The molecule has 3 fully saturated rings. The lowest BCUT2D eigenvalue weighted by Gasteiger charge is -2.37. The van der Waals surface area contributed by atoms with Crippen LogP contribution in [0.25, 0.3) is 0 Å². The number of nitrogens with one attached hydrogen (secondary N) is 1. The third kappa shape index (κ3) is 2.34. The Labute approximate surface area is 195 Å². The molecule has 1 spiro atoms. The fourth-order valence-electron chi connectivity index (χ4n) is 6.90. The van der Waals surface area contributed by atoms with Crippen LogP contribution >= 0.6 is 0 Å². The number of hydrogen-bond acceptors (Lipinski definition) is 6. The maximum Gasteiger partial charge on any atom is 0.269 e. The minimum Gasteiger partial charge on any atom is -0.324 e. The van der Waals surface area contributed by atoms with Crippen molar-refractivity contribution in [2.24, 2.45) is 11.8 Å². The van der Waals surface area contributed by atoms with Crippen molar-refractivity contribution in [3.63, 3.8) is 0 Å². The number of benzene rings is 2. The standard InChI is InChI=1S/C25H24N4O5/c1-12-9-14(3)21-16(10-12)25(24(32)26-21)20-19(18-5-4-8-27(18)25)22(30)28(23(20)31)17-7-6-15(29(33)34)11-13(17)2/h6-7,9-11,18-20H,4-5,8H2,1-3H3,(H,26,32). The van der Waals surface area contributed by atoms with Gasteiger partial charge in [0.05, 0.1) is 22.4 Å². The highest BCUT2D eigenvalue weighted by atomic mass is 16.6. The highest BCUT2D eigenvalue weighted by molar-refractivity contribution is 6.26. The summed E-state index contributed by atoms with van der Waals surface area (Å²) in [7, 11) is 0. The molecule has 4 atom stereocenters. The van der Waals surface area contributed by atoms with Gasteiger partial charge in [-0.05, 0) is 57.4 Å². The summed E-state index contributed by atoms with van der Waals surface area (Å²) in [5, 5.41) is 14.2. The average molecular weight is 460 g/mol. The van der Waals surface area contributed by atoms with Crippen LogP contribution in [0.3, 0.4) is 0 Å². The molecule has 6 rings (SSSR count). The van der Waals surface area contributed by atoms with Gasteiger partial charge >= 0.3 is 0 Å². The third-order valence-corrected chi connectivity index (χ3v) is 8.08. The number of nitrogens with zero attached hydrogens (tertiary/aromatic N) is 3. The summed E-state index contributed by atoms with van der Waals surface area (Å²) in [6.07, 6.45) is 1.59. The third-order valence-electron chi connectivity index (χ3n) is 8.08. The van der Waals surface area contributed by atoms with Crippen LogP contribution in [-0.2, 0) is 19.9 Å². The molecule has 2 aromatic carbocycles. The van der Waals surface area contributed by atoms with Crippen LogP contribution in [0, 0.1) is 42.7 Å². The summed E-state index contributed by atoms with van der Waals surface area (Å²) in [4.78, 5) is 55.6. The molecule has 4 aliphatic rings. The lowest BCUT2D eigenvalue weighted by Crippen LogP contribution is -2.54. The summed E-state index contributed by atoms with van der Waals surface area (Å²) >= 11 is 0. The van der Waals surface area contributed by atoms with E-state index in [4.69, 9.17) is 0 Å².